The summed E-state index contributed by atoms with van der Waals surface area (Å²) >= 11 is 1.78. The molecule has 2 aromatic heterocycles. The zero-order valence-corrected chi connectivity index (χ0v) is 20.5. The average molecular weight is 462 g/mol. The predicted octanol–water partition coefficient (Wildman–Crippen LogP) is 5.68. The number of ether oxygens (including phenoxy) is 1. The Balaban J connectivity index is 1.30. The summed E-state index contributed by atoms with van der Waals surface area (Å²) in [5.74, 6) is 0.730. The number of benzene rings is 2. The van der Waals surface area contributed by atoms with Gasteiger partial charge < -0.3 is 15.0 Å². The van der Waals surface area contributed by atoms with E-state index in [-0.39, 0.29) is 12.0 Å². The van der Waals surface area contributed by atoms with Gasteiger partial charge in [0, 0.05) is 40.1 Å². The number of nitrogens with one attached hydrogen (secondary N) is 2. The van der Waals surface area contributed by atoms with E-state index in [2.05, 4.69) is 58.8 Å². The molecule has 0 bridgehead atoms. The van der Waals surface area contributed by atoms with Crippen LogP contribution < -0.4 is 10.1 Å². The molecule has 0 fully saturated rings. The van der Waals surface area contributed by atoms with Crippen LogP contribution in [0.5, 0.6) is 5.75 Å². The molecule has 6 heteroatoms. The quantitative estimate of drug-likeness (QED) is 0.337. The lowest BCUT2D eigenvalue weighted by Crippen LogP contribution is -2.33. The van der Waals surface area contributed by atoms with Gasteiger partial charge in [-0.2, -0.15) is 0 Å². The van der Waals surface area contributed by atoms with Gasteiger partial charge in [-0.1, -0.05) is 18.2 Å². The van der Waals surface area contributed by atoms with Gasteiger partial charge in [0.15, 0.2) is 0 Å². The van der Waals surface area contributed by atoms with Crippen LogP contribution in [0, 0.1) is 13.8 Å². The molecule has 0 radical (unpaired) electrons. The lowest BCUT2D eigenvalue weighted by Gasteiger charge is -2.18. The van der Waals surface area contributed by atoms with E-state index in [9.17, 15) is 4.79 Å². The van der Waals surface area contributed by atoms with E-state index in [1.807, 2.05) is 44.2 Å². The van der Waals surface area contributed by atoms with Gasteiger partial charge in [-0.15, -0.1) is 11.3 Å². The summed E-state index contributed by atoms with van der Waals surface area (Å²) in [6.45, 7) is 8.30. The largest absolute Gasteiger partial charge is 0.489 e. The minimum atomic E-state index is -0.145. The smallest absolute Gasteiger partial charge is 0.251 e. The highest BCUT2D eigenvalue weighted by Crippen LogP contribution is 2.22. The molecular weight excluding hydrogens is 430 g/mol. The first-order chi connectivity index (χ1) is 15.9. The van der Waals surface area contributed by atoms with E-state index in [4.69, 9.17) is 4.74 Å². The summed E-state index contributed by atoms with van der Waals surface area (Å²) < 4.78 is 6.09. The molecule has 33 heavy (non-hydrogen) atoms. The Morgan fingerprint density at radius 3 is 2.76 bits per heavy atom. The molecule has 2 aromatic carbocycles. The van der Waals surface area contributed by atoms with Gasteiger partial charge in [-0.05, 0) is 80.7 Å². The van der Waals surface area contributed by atoms with E-state index in [0.717, 1.165) is 35.4 Å². The molecule has 2 heterocycles. The highest BCUT2D eigenvalue weighted by molar-refractivity contribution is 7.09. The molecule has 0 unspecified atom stereocenters. The maximum atomic E-state index is 12.7. The fraction of sp³-hybridized carbons (Fsp3) is 0.296. The first-order valence-electron chi connectivity index (χ1n) is 11.2. The second kappa shape index (κ2) is 10.2. The number of hydrogen-bond donors (Lipinski definition) is 2. The van der Waals surface area contributed by atoms with Gasteiger partial charge in [-0.3, -0.25) is 9.69 Å². The molecule has 2 N–H and O–H groups in total. The molecule has 1 amide bonds. The maximum Gasteiger partial charge on any atom is 0.251 e. The number of thiophene rings is 1. The van der Waals surface area contributed by atoms with E-state index in [1.165, 1.54) is 16.0 Å². The van der Waals surface area contributed by atoms with Crippen molar-refractivity contribution < 1.29 is 9.53 Å². The number of aromatic amines is 1. The third kappa shape index (κ3) is 5.83. The molecule has 0 aliphatic carbocycles. The summed E-state index contributed by atoms with van der Waals surface area (Å²) in [5, 5.41) is 6.20. The summed E-state index contributed by atoms with van der Waals surface area (Å²) in [5.41, 5.74) is 5.22. The van der Waals surface area contributed by atoms with Crippen LogP contribution in [-0.2, 0) is 13.1 Å². The van der Waals surface area contributed by atoms with E-state index in [0.29, 0.717) is 12.1 Å². The molecular formula is C27H31N3O2S. The van der Waals surface area contributed by atoms with Crippen molar-refractivity contribution in [2.24, 2.45) is 0 Å². The molecule has 1 atom stereocenters. The van der Waals surface area contributed by atoms with Crippen LogP contribution in [0.1, 0.15) is 39.0 Å². The van der Waals surface area contributed by atoms with Crippen molar-refractivity contribution in [1.29, 1.82) is 0 Å². The van der Waals surface area contributed by atoms with Crippen molar-refractivity contribution in [3.05, 3.63) is 87.2 Å². The number of rotatable bonds is 9. The van der Waals surface area contributed by atoms with Gasteiger partial charge in [0.2, 0.25) is 0 Å². The first-order valence-corrected chi connectivity index (χ1v) is 12.1. The summed E-state index contributed by atoms with van der Waals surface area (Å²) in [6.07, 6.45) is -0.145. The van der Waals surface area contributed by atoms with Gasteiger partial charge in [0.1, 0.15) is 11.9 Å². The van der Waals surface area contributed by atoms with Gasteiger partial charge in [0.05, 0.1) is 6.54 Å². The topological polar surface area (TPSA) is 57.4 Å². The molecule has 0 aliphatic rings. The third-order valence-electron chi connectivity index (χ3n) is 5.81. The average Bonchev–Trinajstić information content (AvgIpc) is 3.39. The fourth-order valence-corrected chi connectivity index (χ4v) is 4.75. The molecule has 172 valence electrons. The number of aromatic nitrogens is 1. The molecule has 0 saturated carbocycles. The van der Waals surface area contributed by atoms with E-state index >= 15 is 0 Å². The van der Waals surface area contributed by atoms with Gasteiger partial charge in [0.25, 0.3) is 5.91 Å². The number of carbonyl (C=O) groups excluding carboxylic acids is 1. The maximum absolute atomic E-state index is 12.7. The number of carbonyl (C=O) groups is 1. The number of H-pyrrole nitrogens is 1. The van der Waals surface area contributed by atoms with Crippen molar-refractivity contribution in [2.45, 2.75) is 40.0 Å². The highest BCUT2D eigenvalue weighted by Gasteiger charge is 2.12. The highest BCUT2D eigenvalue weighted by atomic mass is 32.1. The Hall–Kier alpha value is -3.09. The second-order valence-electron chi connectivity index (χ2n) is 8.67. The van der Waals surface area contributed by atoms with E-state index < -0.39 is 0 Å². The normalized spacial score (nSPS) is 12.3. The fourth-order valence-electron chi connectivity index (χ4n) is 3.97. The lowest BCUT2D eigenvalue weighted by atomic mass is 10.1. The second-order valence-corrected chi connectivity index (χ2v) is 9.71. The summed E-state index contributed by atoms with van der Waals surface area (Å²) in [7, 11) is 2.12. The minimum Gasteiger partial charge on any atom is -0.489 e. The number of fused-ring (bicyclic) bond motifs is 1. The van der Waals surface area contributed by atoms with Crippen molar-refractivity contribution in [1.82, 2.24) is 15.2 Å². The zero-order chi connectivity index (χ0) is 23.4. The molecule has 0 aliphatic heterocycles. The Morgan fingerprint density at radius 1 is 1.12 bits per heavy atom. The van der Waals surface area contributed by atoms with Crippen LogP contribution in [0.3, 0.4) is 0 Å². The third-order valence-corrected chi connectivity index (χ3v) is 6.68. The molecule has 4 rings (SSSR count). The molecule has 0 spiro atoms. The molecule has 4 aromatic rings. The van der Waals surface area contributed by atoms with Crippen LogP contribution in [0.2, 0.25) is 0 Å². The van der Waals surface area contributed by atoms with Crippen molar-refractivity contribution >= 4 is 28.1 Å². The summed E-state index contributed by atoms with van der Waals surface area (Å²) in [4.78, 5) is 19.7. The van der Waals surface area contributed by atoms with Crippen LogP contribution in [0.15, 0.2) is 60.0 Å². The lowest BCUT2D eigenvalue weighted by molar-refractivity contribution is 0.0932. The van der Waals surface area contributed by atoms with Crippen molar-refractivity contribution in [3.63, 3.8) is 0 Å². The number of hydrogen-bond acceptors (Lipinski definition) is 4. The molecule has 0 saturated heterocycles. The van der Waals surface area contributed by atoms with Crippen molar-refractivity contribution in [2.75, 3.05) is 13.6 Å². The van der Waals surface area contributed by atoms with Gasteiger partial charge >= 0.3 is 0 Å². The number of nitrogens with zero attached hydrogens (tertiary/aromatic N) is 1. The summed E-state index contributed by atoms with van der Waals surface area (Å²) in [6, 6.07) is 18.2. The monoisotopic (exact) mass is 461 g/mol. The first kappa shape index (κ1) is 23.1. The predicted molar refractivity (Wildman–Crippen MR) is 136 cm³/mol. The Bertz CT molecular complexity index is 1230. The number of aryl methyl sites for hydroxylation is 2. The zero-order valence-electron chi connectivity index (χ0n) is 19.6. The van der Waals surface area contributed by atoms with Crippen molar-refractivity contribution in [3.8, 4) is 5.75 Å². The van der Waals surface area contributed by atoms with Gasteiger partial charge in [-0.25, -0.2) is 0 Å². The minimum absolute atomic E-state index is 0.0884. The van der Waals surface area contributed by atoms with Crippen LogP contribution in [0.25, 0.3) is 10.9 Å². The van der Waals surface area contributed by atoms with Crippen LogP contribution in [0.4, 0.5) is 0 Å². The van der Waals surface area contributed by atoms with E-state index in [1.54, 1.807) is 11.3 Å². The number of amides is 1. The standard InChI is InChI=1S/C27H31N3O2S/c1-18(15-28-27(31)22-10-11-26-25(14-22)19(2)20(3)29-26)32-23-8-5-7-21(13-23)16-30(4)17-24-9-6-12-33-24/h5-14,18,29H,15-17H2,1-4H3,(H,28,31)/t18-/m0/s1. The van der Waals surface area contributed by atoms with Crippen LogP contribution >= 0.6 is 11.3 Å². The SMILES string of the molecule is Cc1[nH]c2ccc(C(=O)NC[C@H](C)Oc3cccc(CN(C)Cc4cccs4)c3)cc2c1C. The molecule has 5 nitrogen and oxygen atoms in total. The van der Waals surface area contributed by atoms with Crippen LogP contribution in [-0.4, -0.2) is 35.5 Å². The Morgan fingerprint density at radius 2 is 1.97 bits per heavy atom. The Kier molecular flexibility index (Phi) is 7.16. The Labute approximate surface area is 199 Å².